The van der Waals surface area contributed by atoms with Crippen LogP contribution in [0.3, 0.4) is 0 Å². The summed E-state index contributed by atoms with van der Waals surface area (Å²) in [5, 5.41) is 38.2. The highest BCUT2D eigenvalue weighted by Crippen LogP contribution is 2.55. The van der Waals surface area contributed by atoms with Crippen molar-refractivity contribution in [1.82, 2.24) is 0 Å². The zero-order valence-electron chi connectivity index (χ0n) is 51.2. The van der Waals surface area contributed by atoms with Crippen LogP contribution in [0, 0.1) is 37.9 Å². The van der Waals surface area contributed by atoms with Gasteiger partial charge < -0.3 is 35.4 Å². The van der Waals surface area contributed by atoms with Crippen LogP contribution in [0.4, 0.5) is 0 Å². The van der Waals surface area contributed by atoms with Gasteiger partial charge in [-0.15, -0.1) is 0 Å². The fraction of sp³-hybridized carbons (Fsp3) is 0.762. The molecule has 7 atom stereocenters. The number of aliphatic hydroxyl groups is 4. The second kappa shape index (κ2) is 24.5. The Labute approximate surface area is 462 Å². The Bertz CT molecular complexity index is 2360. The van der Waals surface area contributed by atoms with Gasteiger partial charge in [-0.1, -0.05) is 114 Å². The van der Waals surface area contributed by atoms with Gasteiger partial charge in [0.25, 0.3) is 0 Å². The quantitative estimate of drug-likeness (QED) is 0.130. The van der Waals surface area contributed by atoms with Gasteiger partial charge in [-0.3, -0.25) is 33.6 Å². The van der Waals surface area contributed by atoms with E-state index in [0.717, 1.165) is 30.4 Å². The molecule has 14 nitrogen and oxygen atoms in total. The number of ketones is 7. The minimum absolute atomic E-state index is 0. The summed E-state index contributed by atoms with van der Waals surface area (Å²) in [6, 6.07) is 0. The fourth-order valence-electron chi connectivity index (χ4n) is 13.3. The maximum atomic E-state index is 11.3. The lowest BCUT2D eigenvalue weighted by Gasteiger charge is -2.43. The van der Waals surface area contributed by atoms with E-state index in [4.69, 9.17) is 9.47 Å². The van der Waals surface area contributed by atoms with E-state index in [2.05, 4.69) is 61.5 Å². The summed E-state index contributed by atoms with van der Waals surface area (Å²) >= 11 is 0. The minimum atomic E-state index is -1.25. The molecule has 0 aromatic rings. The van der Waals surface area contributed by atoms with Crippen LogP contribution in [0.5, 0.6) is 0 Å². The molecule has 14 heteroatoms. The van der Waals surface area contributed by atoms with E-state index in [0.29, 0.717) is 81.2 Å². The van der Waals surface area contributed by atoms with Gasteiger partial charge in [0.15, 0.2) is 28.9 Å². The number of hydrogen-bond donors (Lipinski definition) is 4. The molecule has 9 aliphatic rings. The minimum Gasteiger partial charge on any atom is -0.504 e. The maximum Gasteiger partial charge on any atom is 0.197 e. The first-order chi connectivity index (χ1) is 34.0. The Morgan fingerprint density at radius 1 is 0.506 bits per heavy atom. The van der Waals surface area contributed by atoms with Crippen LogP contribution in [-0.2, 0) is 43.0 Å². The van der Waals surface area contributed by atoms with E-state index < -0.39 is 23.2 Å². The number of ether oxygens (including phenoxy) is 2. The van der Waals surface area contributed by atoms with Crippen LogP contribution < -0.4 is 0 Å². The SMILES string of the molecule is CC1(C)CC(=O)C2OC2(C)C1.CC1(C)CC(=O)CC(C)(O)C1O.CC1(C)CC(=O)CC2(C)OC12.CC1=C(O)C(=O)CC(C)(C)C1.CC1=CC(=O)CC(C)(C)C1.CC1=CC(=O)CC(C)(C)C1O.CC1=CC(C)(C)CC(=O)C1.O. The lowest BCUT2D eigenvalue weighted by atomic mass is 9.67. The first kappa shape index (κ1) is 69.3. The van der Waals surface area contributed by atoms with Crippen molar-refractivity contribution >= 4 is 40.5 Å². The van der Waals surface area contributed by atoms with E-state index in [1.54, 1.807) is 26.8 Å². The van der Waals surface area contributed by atoms with Gasteiger partial charge >= 0.3 is 0 Å². The third-order valence-electron chi connectivity index (χ3n) is 15.8. The van der Waals surface area contributed by atoms with Crippen molar-refractivity contribution in [3.8, 4) is 0 Å². The zero-order chi connectivity index (χ0) is 59.0. The molecule has 9 rings (SSSR count). The van der Waals surface area contributed by atoms with Crippen LogP contribution in [-0.4, -0.2) is 108 Å². The predicted molar refractivity (Wildman–Crippen MR) is 301 cm³/mol. The summed E-state index contributed by atoms with van der Waals surface area (Å²) in [5.74, 6) is 1.34. The molecular weight excluding hydrogens is 981 g/mol. The summed E-state index contributed by atoms with van der Waals surface area (Å²) in [5.41, 5.74) is 2.40. The van der Waals surface area contributed by atoms with Gasteiger partial charge in [0.05, 0.1) is 29.5 Å². The first-order valence-electron chi connectivity index (χ1n) is 27.5. The van der Waals surface area contributed by atoms with E-state index in [1.807, 2.05) is 62.3 Å². The lowest BCUT2D eigenvalue weighted by Crippen LogP contribution is -2.54. The normalized spacial score (nSPS) is 33.9. The Kier molecular flexibility index (Phi) is 22.1. The van der Waals surface area contributed by atoms with Gasteiger partial charge in [0.1, 0.15) is 29.1 Å². The molecule has 0 bridgehead atoms. The Hall–Kier alpha value is -3.79. The van der Waals surface area contributed by atoms with Crippen molar-refractivity contribution in [1.29, 1.82) is 0 Å². The number of carbonyl (C=O) groups excluding carboxylic acids is 7. The third kappa shape index (κ3) is 20.4. The van der Waals surface area contributed by atoms with E-state index >= 15 is 0 Å². The average Bonchev–Trinajstić information content (AvgIpc) is 4.06. The van der Waals surface area contributed by atoms with E-state index in [-0.39, 0.29) is 90.6 Å². The van der Waals surface area contributed by atoms with Crippen LogP contribution in [0.2, 0.25) is 0 Å². The smallest absolute Gasteiger partial charge is 0.197 e. The summed E-state index contributed by atoms with van der Waals surface area (Å²) in [7, 11) is 0. The molecule has 0 amide bonds. The molecule has 2 saturated heterocycles. The molecule has 6 N–H and O–H groups in total. The van der Waals surface area contributed by atoms with Crippen LogP contribution >= 0.6 is 0 Å². The molecule has 7 unspecified atom stereocenters. The Morgan fingerprint density at radius 2 is 1.03 bits per heavy atom. The van der Waals surface area contributed by atoms with Crippen molar-refractivity contribution in [3.05, 3.63) is 46.3 Å². The monoisotopic (exact) mass is 1080 g/mol. The fourth-order valence-corrected chi connectivity index (χ4v) is 13.3. The van der Waals surface area contributed by atoms with E-state index in [1.165, 1.54) is 24.1 Å². The molecule has 0 aromatic heterocycles. The van der Waals surface area contributed by atoms with Gasteiger partial charge in [-0.25, -0.2) is 0 Å². The van der Waals surface area contributed by atoms with Crippen molar-refractivity contribution in [3.63, 3.8) is 0 Å². The highest BCUT2D eigenvalue weighted by molar-refractivity contribution is 5.95. The number of epoxide rings is 2. The first-order valence-corrected chi connectivity index (χ1v) is 27.5. The van der Waals surface area contributed by atoms with Crippen molar-refractivity contribution in [2.45, 2.75) is 270 Å². The Balaban J connectivity index is 0.000000307. The van der Waals surface area contributed by atoms with Gasteiger partial charge in [-0.2, -0.15) is 0 Å². The lowest BCUT2D eigenvalue weighted by molar-refractivity contribution is -0.161. The van der Waals surface area contributed by atoms with Crippen LogP contribution in [0.15, 0.2) is 46.3 Å². The zero-order valence-corrected chi connectivity index (χ0v) is 51.2. The molecule has 7 aliphatic carbocycles. The number of hydrogen-bond acceptors (Lipinski definition) is 13. The summed E-state index contributed by atoms with van der Waals surface area (Å²) in [4.78, 5) is 78.0. The summed E-state index contributed by atoms with van der Waals surface area (Å²) in [6.45, 7) is 41.7. The molecule has 0 radical (unpaired) electrons. The van der Waals surface area contributed by atoms with E-state index in [9.17, 15) is 54.0 Å². The second-order valence-corrected chi connectivity index (χ2v) is 30.0. The topological polar surface area (TPSA) is 257 Å². The summed E-state index contributed by atoms with van der Waals surface area (Å²) in [6.07, 6.45) is 12.9. The molecule has 5 fully saturated rings. The molecule has 3 saturated carbocycles. The number of rotatable bonds is 0. The number of carbonyl (C=O) groups is 7. The number of Topliss-reactive ketones (excluding diaryl/α,β-unsaturated/α-hetero) is 5. The predicted octanol–water partition coefficient (Wildman–Crippen LogP) is 10.9. The van der Waals surface area contributed by atoms with Crippen molar-refractivity contribution in [2.75, 3.05) is 0 Å². The molecule has 2 aliphatic heterocycles. The number of allylic oxidation sites excluding steroid dienone is 7. The molecule has 438 valence electrons. The number of aliphatic hydroxyl groups excluding tert-OH is 3. The molecular formula is C63H102O14. The maximum absolute atomic E-state index is 11.3. The third-order valence-corrected chi connectivity index (χ3v) is 15.8. The van der Waals surface area contributed by atoms with Gasteiger partial charge in [0, 0.05) is 80.5 Å². The van der Waals surface area contributed by atoms with Gasteiger partial charge in [-0.05, 0) is 113 Å². The highest BCUT2D eigenvalue weighted by Gasteiger charge is 2.64. The Morgan fingerprint density at radius 3 is 1.48 bits per heavy atom. The molecule has 0 aromatic carbocycles. The average molecular weight is 1080 g/mol. The standard InChI is InChI=1S/C9H16O3.4C9H14O2.2C9H14O.H2O/c1-8(2)4-6(10)5-9(3,12)7(8)11;1-8(2)4-6(10)7-9(3,5-8)11-7;1-8(2)4-6(10)5-9(3)7(8)11-9;1-6-4-9(2,3)5-7(10)8(6)11;1-6-4-7(10)5-9(2,3)8(6)11;2*1-7-4-8(10)6-9(2,3)5-7;/h7,11-12H,4-5H2,1-3H3;2*7H,4-5H2,1-3H3;11H,4-5H2,1-3H3;4,8,11H,5H2,1-3H3;5H,4,6H2,1-3H3;4H,5-6H2,1-3H3;1H2. The van der Waals surface area contributed by atoms with Crippen LogP contribution in [0.1, 0.15) is 229 Å². The van der Waals surface area contributed by atoms with Crippen molar-refractivity contribution < 1.29 is 68.9 Å². The summed E-state index contributed by atoms with van der Waals surface area (Å²) < 4.78 is 10.9. The molecule has 2 heterocycles. The van der Waals surface area contributed by atoms with Crippen LogP contribution in [0.25, 0.3) is 0 Å². The number of fused-ring (bicyclic) bond motifs is 2. The largest absolute Gasteiger partial charge is 0.504 e. The molecule has 0 spiro atoms. The highest BCUT2D eigenvalue weighted by atomic mass is 16.6. The second-order valence-electron chi connectivity index (χ2n) is 30.0. The van der Waals surface area contributed by atoms with Crippen molar-refractivity contribution in [2.24, 2.45) is 37.9 Å². The molecule has 77 heavy (non-hydrogen) atoms. The van der Waals surface area contributed by atoms with Gasteiger partial charge in [0.2, 0.25) is 0 Å².